The highest BCUT2D eigenvalue weighted by Gasteiger charge is 2.37. The van der Waals surface area contributed by atoms with Crippen LogP contribution < -0.4 is 19.7 Å². The number of urea groups is 1. The third-order valence-corrected chi connectivity index (χ3v) is 5.87. The molecule has 8 nitrogen and oxygen atoms in total. The normalized spacial score (nSPS) is 14.4. The SMILES string of the molecule is COc1cc(/C=C2\C(=O)NC(=O)N(c3ccc(C)c(C)c3)C2=O)ccc1OCc1ccccc1C#N. The number of benzene rings is 3. The summed E-state index contributed by atoms with van der Waals surface area (Å²) in [6, 6.07) is 18.6. The lowest BCUT2D eigenvalue weighted by Crippen LogP contribution is -2.54. The van der Waals surface area contributed by atoms with Gasteiger partial charge >= 0.3 is 6.03 Å². The lowest BCUT2D eigenvalue weighted by atomic mass is 10.0. The van der Waals surface area contributed by atoms with Crippen LogP contribution in [-0.4, -0.2) is 25.0 Å². The van der Waals surface area contributed by atoms with Crippen molar-refractivity contribution in [1.29, 1.82) is 5.26 Å². The average molecular weight is 482 g/mol. The zero-order valence-electron chi connectivity index (χ0n) is 20.0. The van der Waals surface area contributed by atoms with E-state index < -0.39 is 17.8 Å². The number of carbonyl (C=O) groups excluding carboxylic acids is 3. The van der Waals surface area contributed by atoms with Crippen LogP contribution in [0.2, 0.25) is 0 Å². The van der Waals surface area contributed by atoms with Crippen LogP contribution in [0.4, 0.5) is 10.5 Å². The number of amides is 4. The number of nitrogens with one attached hydrogen (secondary N) is 1. The predicted octanol–water partition coefficient (Wildman–Crippen LogP) is 4.43. The number of hydrogen-bond donors (Lipinski definition) is 1. The Hall–Kier alpha value is -4.90. The Kier molecular flexibility index (Phi) is 6.84. The van der Waals surface area contributed by atoms with Crippen molar-refractivity contribution >= 4 is 29.6 Å². The second-order valence-corrected chi connectivity index (χ2v) is 8.19. The standard InChI is InChI=1S/C28H23N3O5/c1-17-8-10-22(12-18(17)2)31-27(33)23(26(32)30-28(31)34)13-19-9-11-24(25(14-19)35-3)36-16-21-7-5-4-6-20(21)15-29/h4-14H,16H2,1-3H3,(H,30,32,34)/b23-13+. The number of imide groups is 2. The van der Waals surface area contributed by atoms with Crippen molar-refractivity contribution in [3.8, 4) is 17.6 Å². The minimum atomic E-state index is -0.801. The van der Waals surface area contributed by atoms with E-state index >= 15 is 0 Å². The van der Waals surface area contributed by atoms with Crippen molar-refractivity contribution in [3.05, 3.63) is 94.1 Å². The Labute approximate surface area is 208 Å². The van der Waals surface area contributed by atoms with Crippen LogP contribution in [-0.2, 0) is 16.2 Å². The quantitative estimate of drug-likeness (QED) is 0.412. The molecule has 0 bridgehead atoms. The number of aryl methyl sites for hydroxylation is 2. The van der Waals surface area contributed by atoms with E-state index in [0.717, 1.165) is 21.6 Å². The van der Waals surface area contributed by atoms with E-state index in [4.69, 9.17) is 9.47 Å². The Bertz CT molecular complexity index is 1450. The predicted molar refractivity (Wildman–Crippen MR) is 133 cm³/mol. The second-order valence-electron chi connectivity index (χ2n) is 8.19. The molecule has 0 atom stereocenters. The zero-order chi connectivity index (χ0) is 25.8. The summed E-state index contributed by atoms with van der Waals surface area (Å²) in [6.45, 7) is 3.96. The van der Waals surface area contributed by atoms with Crippen molar-refractivity contribution in [3.63, 3.8) is 0 Å². The molecule has 1 fully saturated rings. The number of methoxy groups -OCH3 is 1. The van der Waals surface area contributed by atoms with E-state index in [1.807, 2.05) is 26.0 Å². The van der Waals surface area contributed by atoms with E-state index in [1.54, 1.807) is 48.5 Å². The molecular formula is C28H23N3O5. The van der Waals surface area contributed by atoms with Crippen LogP contribution in [0.25, 0.3) is 6.08 Å². The molecule has 1 saturated heterocycles. The van der Waals surface area contributed by atoms with Gasteiger partial charge in [-0.05, 0) is 66.9 Å². The molecule has 3 aromatic rings. The number of anilines is 1. The summed E-state index contributed by atoms with van der Waals surface area (Å²) in [4.78, 5) is 39.1. The van der Waals surface area contributed by atoms with Gasteiger partial charge in [0.05, 0.1) is 24.4 Å². The summed E-state index contributed by atoms with van der Waals surface area (Å²) >= 11 is 0. The first-order chi connectivity index (χ1) is 17.3. The molecule has 180 valence electrons. The molecule has 8 heteroatoms. The number of rotatable bonds is 6. The van der Waals surface area contributed by atoms with Crippen LogP contribution >= 0.6 is 0 Å². The summed E-state index contributed by atoms with van der Waals surface area (Å²) in [7, 11) is 1.47. The topological polar surface area (TPSA) is 109 Å². The average Bonchev–Trinajstić information content (AvgIpc) is 2.87. The van der Waals surface area contributed by atoms with Crippen molar-refractivity contribution in [2.45, 2.75) is 20.5 Å². The van der Waals surface area contributed by atoms with Crippen molar-refractivity contribution in [1.82, 2.24) is 5.32 Å². The van der Waals surface area contributed by atoms with E-state index in [-0.39, 0.29) is 12.2 Å². The molecule has 0 radical (unpaired) electrons. The molecule has 1 aliphatic rings. The Morgan fingerprint density at radius 3 is 2.47 bits per heavy atom. The summed E-state index contributed by atoms with van der Waals surface area (Å²) in [5, 5.41) is 11.5. The van der Waals surface area contributed by atoms with Gasteiger partial charge in [0.1, 0.15) is 12.2 Å². The number of nitrogens with zero attached hydrogens (tertiary/aromatic N) is 2. The summed E-state index contributed by atoms with van der Waals surface area (Å²) < 4.78 is 11.3. The third kappa shape index (κ3) is 4.81. The fraction of sp³-hybridized carbons (Fsp3) is 0.143. The first kappa shape index (κ1) is 24.2. The summed E-state index contributed by atoms with van der Waals surface area (Å²) in [6.07, 6.45) is 1.40. The van der Waals surface area contributed by atoms with Crippen molar-refractivity contribution in [2.24, 2.45) is 0 Å². The molecule has 1 heterocycles. The number of carbonyl (C=O) groups is 3. The van der Waals surface area contributed by atoms with Gasteiger partial charge in [0.15, 0.2) is 11.5 Å². The van der Waals surface area contributed by atoms with Gasteiger partial charge in [0.2, 0.25) is 0 Å². The molecule has 4 amide bonds. The highest BCUT2D eigenvalue weighted by molar-refractivity contribution is 6.39. The summed E-state index contributed by atoms with van der Waals surface area (Å²) in [5.41, 5.74) is 3.86. The minimum Gasteiger partial charge on any atom is -0.493 e. The van der Waals surface area contributed by atoms with Gasteiger partial charge in [-0.2, -0.15) is 5.26 Å². The van der Waals surface area contributed by atoms with Gasteiger partial charge in [-0.1, -0.05) is 30.3 Å². The van der Waals surface area contributed by atoms with Crippen LogP contribution in [0.15, 0.2) is 66.2 Å². The van der Waals surface area contributed by atoms with Gasteiger partial charge < -0.3 is 9.47 Å². The third-order valence-electron chi connectivity index (χ3n) is 5.87. The largest absolute Gasteiger partial charge is 0.493 e. The van der Waals surface area contributed by atoms with Crippen LogP contribution in [0.3, 0.4) is 0 Å². The Morgan fingerprint density at radius 1 is 0.972 bits per heavy atom. The van der Waals surface area contributed by atoms with E-state index in [1.165, 1.54) is 13.2 Å². The maximum Gasteiger partial charge on any atom is 0.335 e. The molecule has 3 aromatic carbocycles. The number of ether oxygens (including phenoxy) is 2. The number of nitriles is 1. The maximum absolute atomic E-state index is 13.2. The smallest absolute Gasteiger partial charge is 0.335 e. The second kappa shape index (κ2) is 10.2. The molecule has 0 aliphatic carbocycles. The van der Waals surface area contributed by atoms with Gasteiger partial charge in [-0.3, -0.25) is 14.9 Å². The highest BCUT2D eigenvalue weighted by Crippen LogP contribution is 2.31. The number of barbiturate groups is 1. The highest BCUT2D eigenvalue weighted by atomic mass is 16.5. The Morgan fingerprint density at radius 2 is 1.75 bits per heavy atom. The van der Waals surface area contributed by atoms with E-state index in [2.05, 4.69) is 11.4 Å². The van der Waals surface area contributed by atoms with Gasteiger partial charge in [-0.25, -0.2) is 9.69 Å². The van der Waals surface area contributed by atoms with Gasteiger partial charge in [0.25, 0.3) is 11.8 Å². The van der Waals surface area contributed by atoms with Crippen LogP contribution in [0.5, 0.6) is 11.5 Å². The monoisotopic (exact) mass is 481 g/mol. The zero-order valence-corrected chi connectivity index (χ0v) is 20.0. The fourth-order valence-corrected chi connectivity index (χ4v) is 3.73. The Balaban J connectivity index is 1.61. The van der Waals surface area contributed by atoms with Crippen molar-refractivity contribution in [2.75, 3.05) is 12.0 Å². The lowest BCUT2D eigenvalue weighted by molar-refractivity contribution is -0.122. The van der Waals surface area contributed by atoms with Gasteiger partial charge in [-0.15, -0.1) is 0 Å². The van der Waals surface area contributed by atoms with Crippen LogP contribution in [0.1, 0.15) is 27.8 Å². The first-order valence-electron chi connectivity index (χ1n) is 11.1. The molecule has 36 heavy (non-hydrogen) atoms. The molecule has 0 unspecified atom stereocenters. The summed E-state index contributed by atoms with van der Waals surface area (Å²) in [5.74, 6) is -0.694. The van der Waals surface area contributed by atoms with E-state index in [0.29, 0.717) is 28.3 Å². The molecule has 1 N–H and O–H groups in total. The maximum atomic E-state index is 13.2. The first-order valence-corrected chi connectivity index (χ1v) is 11.1. The molecule has 1 aliphatic heterocycles. The lowest BCUT2D eigenvalue weighted by Gasteiger charge is -2.26. The molecule has 0 aromatic heterocycles. The van der Waals surface area contributed by atoms with Crippen molar-refractivity contribution < 1.29 is 23.9 Å². The molecule has 4 rings (SSSR count). The van der Waals surface area contributed by atoms with Crippen LogP contribution in [0, 0.1) is 25.2 Å². The minimum absolute atomic E-state index is 0.161. The molecular weight excluding hydrogens is 458 g/mol. The number of hydrogen-bond acceptors (Lipinski definition) is 6. The van der Waals surface area contributed by atoms with E-state index in [9.17, 15) is 19.6 Å². The fourth-order valence-electron chi connectivity index (χ4n) is 3.73. The molecule has 0 spiro atoms. The molecule has 0 saturated carbocycles. The van der Waals surface area contributed by atoms with Gasteiger partial charge in [0, 0.05) is 5.56 Å².